The van der Waals surface area contributed by atoms with Crippen molar-refractivity contribution in [2.75, 3.05) is 13.6 Å². The average Bonchev–Trinajstić information content (AvgIpc) is 2.42. The first kappa shape index (κ1) is 15.5. The molecule has 1 unspecified atom stereocenters. The van der Waals surface area contributed by atoms with Crippen LogP contribution in [0.25, 0.3) is 0 Å². The highest BCUT2D eigenvalue weighted by atomic mass is 19.1. The zero-order chi connectivity index (χ0) is 14.1. The molecule has 2 N–H and O–H groups in total. The number of nitrogens with one attached hydrogen (secondary N) is 2. The van der Waals surface area contributed by atoms with Crippen LogP contribution in [0.15, 0.2) is 29.3 Å². The molecule has 0 aromatic heterocycles. The summed E-state index contributed by atoms with van der Waals surface area (Å²) in [6.45, 7) is 5.08. The third-order valence-electron chi connectivity index (χ3n) is 3.04. The standard InChI is InChI=1S/C15H24FN3/c1-4-12(2)19-15(17-3)18-10-6-8-13-7-5-9-14(16)11-13/h5,7,9,11-12H,4,6,8,10H2,1-3H3,(H2,17,18,19). The number of rotatable bonds is 6. The van der Waals surface area contributed by atoms with Gasteiger partial charge in [-0.2, -0.15) is 0 Å². The lowest BCUT2D eigenvalue weighted by Gasteiger charge is -2.16. The first-order valence-corrected chi connectivity index (χ1v) is 6.87. The quantitative estimate of drug-likeness (QED) is 0.471. The Bertz CT molecular complexity index is 404. The molecular formula is C15H24FN3. The second-order valence-electron chi connectivity index (χ2n) is 4.69. The van der Waals surface area contributed by atoms with Crippen molar-refractivity contribution < 1.29 is 4.39 Å². The maximum atomic E-state index is 13.0. The van der Waals surface area contributed by atoms with Crippen LogP contribution in [0.4, 0.5) is 4.39 Å². The van der Waals surface area contributed by atoms with E-state index in [9.17, 15) is 4.39 Å². The van der Waals surface area contributed by atoms with Crippen LogP contribution in [-0.2, 0) is 6.42 Å². The van der Waals surface area contributed by atoms with E-state index in [1.807, 2.05) is 6.07 Å². The zero-order valence-electron chi connectivity index (χ0n) is 12.0. The summed E-state index contributed by atoms with van der Waals surface area (Å²) in [5.41, 5.74) is 1.03. The number of guanidine groups is 1. The summed E-state index contributed by atoms with van der Waals surface area (Å²) >= 11 is 0. The molecule has 1 aromatic carbocycles. The van der Waals surface area contributed by atoms with E-state index in [-0.39, 0.29) is 5.82 Å². The minimum Gasteiger partial charge on any atom is -0.356 e. The van der Waals surface area contributed by atoms with E-state index in [1.165, 1.54) is 6.07 Å². The molecule has 0 radical (unpaired) electrons. The molecule has 106 valence electrons. The fraction of sp³-hybridized carbons (Fsp3) is 0.533. The maximum absolute atomic E-state index is 13.0. The number of hydrogen-bond acceptors (Lipinski definition) is 1. The van der Waals surface area contributed by atoms with Crippen molar-refractivity contribution in [2.24, 2.45) is 4.99 Å². The molecule has 0 bridgehead atoms. The van der Waals surface area contributed by atoms with Crippen molar-refractivity contribution in [1.82, 2.24) is 10.6 Å². The fourth-order valence-corrected chi connectivity index (χ4v) is 1.72. The minimum atomic E-state index is -0.167. The monoisotopic (exact) mass is 265 g/mol. The van der Waals surface area contributed by atoms with Gasteiger partial charge >= 0.3 is 0 Å². The van der Waals surface area contributed by atoms with Gasteiger partial charge in [-0.15, -0.1) is 0 Å². The molecule has 3 nitrogen and oxygen atoms in total. The van der Waals surface area contributed by atoms with Crippen LogP contribution in [-0.4, -0.2) is 25.6 Å². The number of aliphatic imine (C=N–C) groups is 1. The molecule has 0 heterocycles. The van der Waals surface area contributed by atoms with Gasteiger partial charge in [-0.25, -0.2) is 4.39 Å². The fourth-order valence-electron chi connectivity index (χ4n) is 1.72. The Kier molecular flexibility index (Phi) is 6.93. The highest BCUT2D eigenvalue weighted by molar-refractivity contribution is 5.79. The van der Waals surface area contributed by atoms with Gasteiger partial charge in [0.2, 0.25) is 0 Å². The second-order valence-corrected chi connectivity index (χ2v) is 4.69. The third-order valence-corrected chi connectivity index (χ3v) is 3.04. The Hall–Kier alpha value is -1.58. The first-order chi connectivity index (χ1) is 9.15. The maximum Gasteiger partial charge on any atom is 0.191 e. The summed E-state index contributed by atoms with van der Waals surface area (Å²) in [4.78, 5) is 4.17. The van der Waals surface area contributed by atoms with Gasteiger partial charge in [0.25, 0.3) is 0 Å². The van der Waals surface area contributed by atoms with E-state index in [0.29, 0.717) is 6.04 Å². The van der Waals surface area contributed by atoms with Crippen molar-refractivity contribution in [2.45, 2.75) is 39.2 Å². The van der Waals surface area contributed by atoms with Gasteiger partial charge in [-0.3, -0.25) is 4.99 Å². The summed E-state index contributed by atoms with van der Waals surface area (Å²) in [7, 11) is 1.77. The molecule has 0 fully saturated rings. The summed E-state index contributed by atoms with van der Waals surface area (Å²) in [6.07, 6.45) is 2.87. The van der Waals surface area contributed by atoms with Crippen LogP contribution in [0.1, 0.15) is 32.3 Å². The number of nitrogens with zero attached hydrogens (tertiary/aromatic N) is 1. The summed E-state index contributed by atoms with van der Waals surface area (Å²) in [6, 6.07) is 7.18. The highest BCUT2D eigenvalue weighted by Crippen LogP contribution is 2.05. The van der Waals surface area contributed by atoms with Gasteiger partial charge in [0, 0.05) is 19.6 Å². The number of aryl methyl sites for hydroxylation is 1. The minimum absolute atomic E-state index is 0.167. The van der Waals surface area contributed by atoms with E-state index in [2.05, 4.69) is 29.5 Å². The predicted octanol–water partition coefficient (Wildman–Crippen LogP) is 2.72. The van der Waals surface area contributed by atoms with Gasteiger partial charge in [0.15, 0.2) is 5.96 Å². The van der Waals surface area contributed by atoms with Gasteiger partial charge in [-0.1, -0.05) is 19.1 Å². The van der Waals surface area contributed by atoms with E-state index in [4.69, 9.17) is 0 Å². The number of hydrogen-bond donors (Lipinski definition) is 2. The van der Waals surface area contributed by atoms with Crippen LogP contribution >= 0.6 is 0 Å². The summed E-state index contributed by atoms with van der Waals surface area (Å²) < 4.78 is 13.0. The Morgan fingerprint density at radius 2 is 2.21 bits per heavy atom. The van der Waals surface area contributed by atoms with Crippen molar-refractivity contribution >= 4 is 5.96 Å². The zero-order valence-corrected chi connectivity index (χ0v) is 12.0. The Morgan fingerprint density at radius 1 is 1.42 bits per heavy atom. The van der Waals surface area contributed by atoms with Crippen LogP contribution in [0, 0.1) is 5.82 Å². The molecule has 19 heavy (non-hydrogen) atoms. The molecule has 1 rings (SSSR count). The van der Waals surface area contributed by atoms with E-state index in [0.717, 1.165) is 37.3 Å². The van der Waals surface area contributed by atoms with Gasteiger partial charge in [0.1, 0.15) is 5.82 Å². The first-order valence-electron chi connectivity index (χ1n) is 6.87. The van der Waals surface area contributed by atoms with Crippen molar-refractivity contribution in [3.05, 3.63) is 35.6 Å². The largest absolute Gasteiger partial charge is 0.356 e. The highest BCUT2D eigenvalue weighted by Gasteiger charge is 2.02. The Balaban J connectivity index is 2.26. The van der Waals surface area contributed by atoms with Crippen LogP contribution in [0.3, 0.4) is 0 Å². The molecule has 1 aromatic rings. The van der Waals surface area contributed by atoms with E-state index in [1.54, 1.807) is 19.2 Å². The van der Waals surface area contributed by atoms with Crippen molar-refractivity contribution in [1.29, 1.82) is 0 Å². The molecule has 0 saturated carbocycles. The molecule has 0 aliphatic rings. The Morgan fingerprint density at radius 3 is 2.84 bits per heavy atom. The normalized spacial score (nSPS) is 13.2. The molecule has 0 saturated heterocycles. The molecule has 4 heteroatoms. The molecular weight excluding hydrogens is 241 g/mol. The second kappa shape index (κ2) is 8.51. The molecule has 0 aliphatic carbocycles. The smallest absolute Gasteiger partial charge is 0.191 e. The molecule has 1 atom stereocenters. The third kappa shape index (κ3) is 6.22. The molecule has 0 aliphatic heterocycles. The number of benzene rings is 1. The van der Waals surface area contributed by atoms with Gasteiger partial charge in [0.05, 0.1) is 0 Å². The van der Waals surface area contributed by atoms with Crippen LogP contribution < -0.4 is 10.6 Å². The average molecular weight is 265 g/mol. The van der Waals surface area contributed by atoms with E-state index < -0.39 is 0 Å². The molecule has 0 amide bonds. The number of halogens is 1. The lowest BCUT2D eigenvalue weighted by molar-refractivity contribution is 0.617. The van der Waals surface area contributed by atoms with Crippen LogP contribution in [0.2, 0.25) is 0 Å². The van der Waals surface area contributed by atoms with Gasteiger partial charge < -0.3 is 10.6 Å². The lowest BCUT2D eigenvalue weighted by atomic mass is 10.1. The summed E-state index contributed by atoms with van der Waals surface area (Å²) in [5, 5.41) is 6.57. The van der Waals surface area contributed by atoms with Crippen LogP contribution in [0.5, 0.6) is 0 Å². The SMILES string of the molecule is CCC(C)NC(=NC)NCCCc1cccc(F)c1. The molecule has 0 spiro atoms. The Labute approximate surface area is 115 Å². The topological polar surface area (TPSA) is 36.4 Å². The predicted molar refractivity (Wildman–Crippen MR) is 79.0 cm³/mol. The van der Waals surface area contributed by atoms with Crippen molar-refractivity contribution in [3.8, 4) is 0 Å². The van der Waals surface area contributed by atoms with E-state index >= 15 is 0 Å². The summed E-state index contributed by atoms with van der Waals surface area (Å²) in [5.74, 6) is 0.660. The lowest BCUT2D eigenvalue weighted by Crippen LogP contribution is -2.42. The van der Waals surface area contributed by atoms with Gasteiger partial charge in [-0.05, 0) is 43.9 Å². The van der Waals surface area contributed by atoms with Crippen molar-refractivity contribution in [3.63, 3.8) is 0 Å².